The van der Waals surface area contributed by atoms with Crippen molar-refractivity contribution in [2.24, 2.45) is 0 Å². The minimum absolute atomic E-state index is 0.143. The first-order valence-corrected chi connectivity index (χ1v) is 9.05. The lowest BCUT2D eigenvalue weighted by Gasteiger charge is -2.16. The zero-order valence-electron chi connectivity index (χ0n) is 15.5. The summed E-state index contributed by atoms with van der Waals surface area (Å²) in [6.45, 7) is 1.51. The monoisotopic (exact) mass is 407 g/mol. The van der Waals surface area contributed by atoms with Crippen molar-refractivity contribution in [3.05, 3.63) is 59.7 Å². The van der Waals surface area contributed by atoms with Crippen LogP contribution >= 0.6 is 0 Å². The molecule has 0 saturated carbocycles. The Bertz CT molecular complexity index is 887. The predicted octanol–water partition coefficient (Wildman–Crippen LogP) is 4.03. The van der Waals surface area contributed by atoms with Gasteiger partial charge in [0.2, 0.25) is 5.91 Å². The zero-order valence-corrected chi connectivity index (χ0v) is 15.5. The number of hydrogen-bond donors (Lipinski definition) is 2. The van der Waals surface area contributed by atoms with E-state index in [4.69, 9.17) is 0 Å². The number of hydrogen-bond acceptors (Lipinski definition) is 3. The Hall–Kier alpha value is -3.23. The molecular weight excluding hydrogens is 387 g/mol. The quantitative estimate of drug-likeness (QED) is 0.760. The van der Waals surface area contributed by atoms with Gasteiger partial charge in [-0.3, -0.25) is 4.79 Å². The molecular formula is C20H20F3N3O3. The summed E-state index contributed by atoms with van der Waals surface area (Å²) in [6, 6.07) is 12.0. The third-order valence-corrected chi connectivity index (χ3v) is 4.31. The molecule has 29 heavy (non-hydrogen) atoms. The molecule has 1 aliphatic rings. The maximum atomic E-state index is 12.3. The van der Waals surface area contributed by atoms with Gasteiger partial charge in [-0.05, 0) is 29.7 Å². The van der Waals surface area contributed by atoms with Crippen LogP contribution in [0.5, 0.6) is 5.75 Å². The molecule has 0 aliphatic carbocycles. The van der Waals surface area contributed by atoms with Crippen molar-refractivity contribution in [2.45, 2.75) is 32.3 Å². The van der Waals surface area contributed by atoms with Crippen molar-refractivity contribution in [1.29, 1.82) is 0 Å². The van der Waals surface area contributed by atoms with E-state index >= 15 is 0 Å². The second-order valence-corrected chi connectivity index (χ2v) is 6.62. The number of alkyl halides is 3. The van der Waals surface area contributed by atoms with E-state index in [2.05, 4.69) is 15.4 Å². The van der Waals surface area contributed by atoms with Crippen molar-refractivity contribution in [2.75, 3.05) is 11.9 Å². The Kier molecular flexibility index (Phi) is 6.26. The molecule has 3 rings (SSSR count). The van der Waals surface area contributed by atoms with E-state index in [1.165, 1.54) is 12.1 Å². The largest absolute Gasteiger partial charge is 0.573 e. The van der Waals surface area contributed by atoms with Gasteiger partial charge < -0.3 is 20.3 Å². The summed E-state index contributed by atoms with van der Waals surface area (Å²) >= 11 is 0. The first-order chi connectivity index (χ1) is 13.8. The molecule has 0 aromatic heterocycles. The average Bonchev–Trinajstić information content (AvgIpc) is 3.04. The number of nitrogens with one attached hydrogen (secondary N) is 2. The van der Waals surface area contributed by atoms with Crippen molar-refractivity contribution in [3.8, 4) is 5.75 Å². The molecule has 2 aromatic rings. The van der Waals surface area contributed by atoms with Crippen LogP contribution in [0.1, 0.15) is 24.0 Å². The highest BCUT2D eigenvalue weighted by Gasteiger charge is 2.31. The number of likely N-dealkylation sites (tertiary alicyclic amines) is 1. The molecule has 9 heteroatoms. The SMILES string of the molecule is O=C(NCc1cccc(CN2CCCC2=O)c1)Nc1cccc(OC(F)(F)F)c1. The van der Waals surface area contributed by atoms with Crippen molar-refractivity contribution in [3.63, 3.8) is 0 Å². The van der Waals surface area contributed by atoms with Gasteiger partial charge in [0, 0.05) is 37.8 Å². The average molecular weight is 407 g/mol. The van der Waals surface area contributed by atoms with Crippen molar-refractivity contribution < 1.29 is 27.5 Å². The van der Waals surface area contributed by atoms with E-state index in [9.17, 15) is 22.8 Å². The maximum Gasteiger partial charge on any atom is 0.573 e. The van der Waals surface area contributed by atoms with Crippen LogP contribution in [0.3, 0.4) is 0 Å². The lowest BCUT2D eigenvalue weighted by molar-refractivity contribution is -0.274. The van der Waals surface area contributed by atoms with Gasteiger partial charge in [-0.1, -0.05) is 30.3 Å². The molecule has 2 N–H and O–H groups in total. The molecule has 0 atom stereocenters. The van der Waals surface area contributed by atoms with Crippen LogP contribution in [0, 0.1) is 0 Å². The fraction of sp³-hybridized carbons (Fsp3) is 0.300. The number of carbonyl (C=O) groups is 2. The van der Waals surface area contributed by atoms with Crippen LogP contribution in [0.4, 0.5) is 23.7 Å². The number of rotatable bonds is 6. The number of amides is 3. The lowest BCUT2D eigenvalue weighted by Crippen LogP contribution is -2.28. The Labute approximate surface area is 165 Å². The number of carbonyl (C=O) groups excluding carboxylic acids is 2. The molecule has 1 heterocycles. The van der Waals surface area contributed by atoms with Gasteiger partial charge in [-0.15, -0.1) is 13.2 Å². The van der Waals surface area contributed by atoms with Crippen molar-refractivity contribution >= 4 is 17.6 Å². The molecule has 154 valence electrons. The van der Waals surface area contributed by atoms with Gasteiger partial charge in [0.1, 0.15) is 5.75 Å². The summed E-state index contributed by atoms with van der Waals surface area (Å²) in [4.78, 5) is 25.6. The van der Waals surface area contributed by atoms with Gasteiger partial charge in [-0.2, -0.15) is 0 Å². The second-order valence-electron chi connectivity index (χ2n) is 6.62. The highest BCUT2D eigenvalue weighted by molar-refractivity contribution is 5.89. The number of urea groups is 1. The summed E-state index contributed by atoms with van der Waals surface area (Å²) < 4.78 is 40.7. The summed E-state index contributed by atoms with van der Waals surface area (Å²) in [6.07, 6.45) is -3.35. The molecule has 0 radical (unpaired) electrons. The highest BCUT2D eigenvalue weighted by Crippen LogP contribution is 2.25. The standard InChI is InChI=1S/C20H20F3N3O3/c21-20(22,23)29-17-7-2-6-16(11-17)25-19(28)24-12-14-4-1-5-15(10-14)13-26-9-3-8-18(26)27/h1-2,4-7,10-11H,3,8-9,12-13H2,(H2,24,25,28). The zero-order chi connectivity index (χ0) is 20.9. The first kappa shape index (κ1) is 20.5. The molecule has 1 saturated heterocycles. The van der Waals surface area contributed by atoms with Crippen molar-refractivity contribution in [1.82, 2.24) is 10.2 Å². The van der Waals surface area contributed by atoms with Gasteiger partial charge in [-0.25, -0.2) is 4.79 Å². The predicted molar refractivity (Wildman–Crippen MR) is 100 cm³/mol. The summed E-state index contributed by atoms with van der Waals surface area (Å²) in [7, 11) is 0. The molecule has 0 spiro atoms. The molecule has 1 fully saturated rings. The first-order valence-electron chi connectivity index (χ1n) is 9.05. The Morgan fingerprint density at radius 2 is 1.86 bits per heavy atom. The number of nitrogens with zero attached hydrogens (tertiary/aromatic N) is 1. The second kappa shape index (κ2) is 8.85. The van der Waals surface area contributed by atoms with E-state index in [1.54, 1.807) is 4.90 Å². The number of ether oxygens (including phenoxy) is 1. The number of benzene rings is 2. The molecule has 1 aliphatic heterocycles. The lowest BCUT2D eigenvalue weighted by atomic mass is 10.1. The van der Waals surface area contributed by atoms with Gasteiger partial charge in [0.05, 0.1) is 0 Å². The van der Waals surface area contributed by atoms with Crippen LogP contribution in [-0.4, -0.2) is 29.7 Å². The Morgan fingerprint density at radius 3 is 2.59 bits per heavy atom. The fourth-order valence-electron chi connectivity index (χ4n) is 3.06. The van der Waals surface area contributed by atoms with E-state index in [1.807, 2.05) is 24.3 Å². The van der Waals surface area contributed by atoms with E-state index < -0.39 is 18.1 Å². The van der Waals surface area contributed by atoms with E-state index in [0.29, 0.717) is 13.0 Å². The summed E-state index contributed by atoms with van der Waals surface area (Å²) in [5.74, 6) is -0.274. The molecule has 3 amide bonds. The van der Waals surface area contributed by atoms with Gasteiger partial charge in [0.25, 0.3) is 0 Å². The van der Waals surface area contributed by atoms with Crippen LogP contribution < -0.4 is 15.4 Å². The third kappa shape index (κ3) is 6.41. The fourth-order valence-corrected chi connectivity index (χ4v) is 3.06. The molecule has 2 aromatic carbocycles. The topological polar surface area (TPSA) is 70.7 Å². The Morgan fingerprint density at radius 1 is 1.10 bits per heavy atom. The normalized spacial score (nSPS) is 14.0. The molecule has 0 unspecified atom stereocenters. The van der Waals surface area contributed by atoms with Crippen LogP contribution in [0.25, 0.3) is 0 Å². The Balaban J connectivity index is 1.52. The van der Waals surface area contributed by atoms with Gasteiger partial charge in [0.15, 0.2) is 0 Å². The number of anilines is 1. The third-order valence-electron chi connectivity index (χ3n) is 4.31. The minimum atomic E-state index is -4.80. The van der Waals surface area contributed by atoms with E-state index in [-0.39, 0.29) is 18.1 Å². The number of halogens is 3. The highest BCUT2D eigenvalue weighted by atomic mass is 19.4. The summed E-state index contributed by atoms with van der Waals surface area (Å²) in [5, 5.41) is 5.12. The van der Waals surface area contributed by atoms with Gasteiger partial charge >= 0.3 is 12.4 Å². The minimum Gasteiger partial charge on any atom is -0.406 e. The van der Waals surface area contributed by atoms with Crippen LogP contribution in [0.2, 0.25) is 0 Å². The van der Waals surface area contributed by atoms with E-state index in [0.717, 1.165) is 36.2 Å². The van der Waals surface area contributed by atoms with Crippen LogP contribution in [-0.2, 0) is 17.9 Å². The maximum absolute atomic E-state index is 12.3. The molecule has 6 nitrogen and oxygen atoms in total. The molecule has 0 bridgehead atoms. The smallest absolute Gasteiger partial charge is 0.406 e. The van der Waals surface area contributed by atoms with Crippen LogP contribution in [0.15, 0.2) is 48.5 Å². The summed E-state index contributed by atoms with van der Waals surface area (Å²) in [5.41, 5.74) is 1.99.